The largest absolute Gasteiger partial charge is 0.453 e. The minimum absolute atomic E-state index is 0.0254. The molecule has 3 fully saturated rings. The van der Waals surface area contributed by atoms with E-state index in [-0.39, 0.29) is 42.8 Å². The summed E-state index contributed by atoms with van der Waals surface area (Å²) in [7, 11) is 2.76. The van der Waals surface area contributed by atoms with Gasteiger partial charge in [0.1, 0.15) is 17.7 Å². The van der Waals surface area contributed by atoms with Gasteiger partial charge in [0.25, 0.3) is 0 Å². The van der Waals surface area contributed by atoms with Crippen molar-refractivity contribution in [3.63, 3.8) is 0 Å². The number of methoxy groups -OCH3 is 2. The molecule has 2 aromatic carbocycles. The lowest BCUT2D eigenvalue weighted by atomic mass is 9.78. The number of aliphatic hydroxyl groups is 1. The molecular formula is C39H47N7O6. The summed E-state index contributed by atoms with van der Waals surface area (Å²) in [5.74, 6) is 2.15. The standard InChI is InChI=1S/C39H47N7O6/c1-22(51-2)34(45-39(50)52-3)38(49)46-17-4-5-31(46)35-41-20-29(43-35)25-10-6-23(7-11-25)24-8-12-26(13-9-24)30-21-42-36(44-30)32-27-14-15-28(19-27)33(32)37(48)40-16-18-47/h6-13,20-22,27-28,31-34,47H,4-5,14-19H2,1-3H3,(H,40,48)(H,41,43)(H,42,44)(H,45,50)/t22-,27?,28?,31+,32?,33?,34+/m1/s1. The van der Waals surface area contributed by atoms with Gasteiger partial charge in [-0.3, -0.25) is 9.59 Å². The van der Waals surface area contributed by atoms with Crippen molar-refractivity contribution >= 4 is 17.9 Å². The number of ether oxygens (including phenoxy) is 2. The lowest BCUT2D eigenvalue weighted by Crippen LogP contribution is -2.54. The number of aliphatic hydroxyl groups excluding tert-OH is 1. The van der Waals surface area contributed by atoms with Gasteiger partial charge in [-0.15, -0.1) is 0 Å². The Kier molecular flexibility index (Phi) is 10.4. The van der Waals surface area contributed by atoms with Crippen molar-refractivity contribution < 1.29 is 29.0 Å². The number of carbonyl (C=O) groups is 3. The summed E-state index contributed by atoms with van der Waals surface area (Å²) >= 11 is 0. The van der Waals surface area contributed by atoms with Crippen LogP contribution in [0.2, 0.25) is 0 Å². The van der Waals surface area contributed by atoms with Crippen LogP contribution in [0.5, 0.6) is 0 Å². The highest BCUT2D eigenvalue weighted by Gasteiger charge is 2.52. The molecule has 52 heavy (non-hydrogen) atoms. The van der Waals surface area contributed by atoms with E-state index in [0.717, 1.165) is 71.6 Å². The molecule has 1 aliphatic heterocycles. The number of rotatable bonds is 12. The summed E-state index contributed by atoms with van der Waals surface area (Å²) in [6, 6.07) is 15.5. The van der Waals surface area contributed by atoms with E-state index >= 15 is 0 Å². The number of hydrogen-bond donors (Lipinski definition) is 5. The van der Waals surface area contributed by atoms with Crippen LogP contribution in [0, 0.1) is 17.8 Å². The number of aromatic nitrogens is 4. The Morgan fingerprint density at radius 3 is 2.10 bits per heavy atom. The summed E-state index contributed by atoms with van der Waals surface area (Å²) in [5.41, 5.74) is 5.93. The van der Waals surface area contributed by atoms with Crippen LogP contribution >= 0.6 is 0 Å². The van der Waals surface area contributed by atoms with E-state index in [1.165, 1.54) is 14.2 Å². The Balaban J connectivity index is 1.01. The fourth-order valence-electron chi connectivity index (χ4n) is 8.54. The van der Waals surface area contributed by atoms with Crippen molar-refractivity contribution in [1.82, 2.24) is 35.5 Å². The van der Waals surface area contributed by atoms with Crippen LogP contribution in [0.3, 0.4) is 0 Å². The second-order valence-electron chi connectivity index (χ2n) is 14.2. The average Bonchev–Trinajstić information content (AvgIpc) is 4.03. The van der Waals surface area contributed by atoms with Gasteiger partial charge in [0.15, 0.2) is 0 Å². The summed E-state index contributed by atoms with van der Waals surface area (Å²) in [4.78, 5) is 56.7. The first-order valence-electron chi connectivity index (χ1n) is 18.2. The Bertz CT molecular complexity index is 1870. The van der Waals surface area contributed by atoms with Crippen LogP contribution in [0.1, 0.15) is 62.6 Å². The predicted octanol–water partition coefficient (Wildman–Crippen LogP) is 4.80. The highest BCUT2D eigenvalue weighted by atomic mass is 16.5. The molecule has 4 unspecified atom stereocenters. The molecule has 13 heteroatoms. The molecular weight excluding hydrogens is 662 g/mol. The fourth-order valence-corrected chi connectivity index (χ4v) is 8.54. The van der Waals surface area contributed by atoms with Crippen molar-refractivity contribution in [2.75, 3.05) is 33.9 Å². The maximum absolute atomic E-state index is 13.6. The molecule has 2 saturated carbocycles. The van der Waals surface area contributed by atoms with E-state index in [1.54, 1.807) is 18.0 Å². The first-order valence-corrected chi connectivity index (χ1v) is 18.2. The van der Waals surface area contributed by atoms with Gasteiger partial charge in [-0.2, -0.15) is 0 Å². The van der Waals surface area contributed by atoms with Crippen LogP contribution in [-0.4, -0.2) is 93.9 Å². The Morgan fingerprint density at radius 1 is 0.885 bits per heavy atom. The molecule has 0 spiro atoms. The van der Waals surface area contributed by atoms with Gasteiger partial charge in [-0.05, 0) is 73.1 Å². The smallest absolute Gasteiger partial charge is 0.407 e. The first kappa shape index (κ1) is 35.4. The molecule has 0 radical (unpaired) electrons. The average molecular weight is 710 g/mol. The van der Waals surface area contributed by atoms with E-state index in [1.807, 2.05) is 6.20 Å². The molecule has 5 N–H and O–H groups in total. The number of hydrogen-bond acceptors (Lipinski definition) is 8. The lowest BCUT2D eigenvalue weighted by Gasteiger charge is -2.30. The number of imidazole rings is 2. The van der Waals surface area contributed by atoms with Crippen LogP contribution in [0.25, 0.3) is 33.6 Å². The number of benzene rings is 2. The van der Waals surface area contributed by atoms with Gasteiger partial charge in [-0.1, -0.05) is 48.5 Å². The SMILES string of the molecule is COC(=O)N[C@H](C(=O)N1CCC[C@H]1c1ncc(-c2ccc(-c3ccc(-c4cnc(C5C6CCC(C6)C5C(=O)NCCO)[nH]4)cc3)cc2)[nH]1)[C@@H](C)OC. The first-order chi connectivity index (χ1) is 25.3. The fraction of sp³-hybridized carbons (Fsp3) is 0.462. The van der Waals surface area contributed by atoms with Crippen LogP contribution in [0.15, 0.2) is 60.9 Å². The summed E-state index contributed by atoms with van der Waals surface area (Å²) in [6.45, 7) is 2.51. The topological polar surface area (TPSA) is 175 Å². The number of fused-ring (bicyclic) bond motifs is 2. The molecule has 3 amide bonds. The van der Waals surface area contributed by atoms with Crippen molar-refractivity contribution in [1.29, 1.82) is 0 Å². The van der Waals surface area contributed by atoms with Crippen molar-refractivity contribution in [2.45, 2.75) is 63.1 Å². The Labute approximate surface area is 302 Å². The zero-order valence-electron chi connectivity index (χ0n) is 29.8. The highest BCUT2D eigenvalue weighted by Crippen LogP contribution is 2.56. The molecule has 4 aromatic rings. The highest BCUT2D eigenvalue weighted by molar-refractivity contribution is 5.87. The predicted molar refractivity (Wildman–Crippen MR) is 194 cm³/mol. The van der Waals surface area contributed by atoms with Gasteiger partial charge < -0.3 is 40.1 Å². The van der Waals surface area contributed by atoms with Crippen molar-refractivity contribution in [3.8, 4) is 33.6 Å². The molecule has 13 nitrogen and oxygen atoms in total. The molecule has 274 valence electrons. The van der Waals surface area contributed by atoms with Gasteiger partial charge in [0, 0.05) is 26.1 Å². The number of amides is 3. The van der Waals surface area contributed by atoms with Crippen LogP contribution in [0.4, 0.5) is 4.79 Å². The van der Waals surface area contributed by atoms with E-state index in [9.17, 15) is 19.5 Å². The Morgan fingerprint density at radius 2 is 1.48 bits per heavy atom. The number of alkyl carbamates (subject to hydrolysis) is 1. The molecule has 2 aliphatic carbocycles. The normalized spacial score (nSPS) is 23.4. The molecule has 7 atom stereocenters. The molecule has 7 rings (SSSR count). The van der Waals surface area contributed by atoms with E-state index in [0.29, 0.717) is 24.2 Å². The second-order valence-corrected chi connectivity index (χ2v) is 14.2. The molecule has 3 aliphatic rings. The van der Waals surface area contributed by atoms with Gasteiger partial charge in [0.05, 0.1) is 55.6 Å². The quantitative estimate of drug-likeness (QED) is 0.140. The number of likely N-dealkylation sites (tertiary alicyclic amines) is 1. The summed E-state index contributed by atoms with van der Waals surface area (Å²) in [5, 5.41) is 14.7. The second kappa shape index (κ2) is 15.3. The van der Waals surface area contributed by atoms with Gasteiger partial charge >= 0.3 is 6.09 Å². The van der Waals surface area contributed by atoms with Crippen molar-refractivity contribution in [2.24, 2.45) is 17.8 Å². The maximum atomic E-state index is 13.6. The van der Waals surface area contributed by atoms with E-state index < -0.39 is 18.2 Å². The minimum atomic E-state index is -0.885. The van der Waals surface area contributed by atoms with Crippen molar-refractivity contribution in [3.05, 3.63) is 72.6 Å². The molecule has 3 heterocycles. The monoisotopic (exact) mass is 709 g/mol. The molecule has 2 aromatic heterocycles. The number of carbonyl (C=O) groups excluding carboxylic acids is 3. The zero-order valence-corrected chi connectivity index (χ0v) is 29.8. The Hall–Kier alpha value is -5.01. The zero-order chi connectivity index (χ0) is 36.4. The maximum Gasteiger partial charge on any atom is 0.407 e. The third-order valence-electron chi connectivity index (χ3n) is 11.3. The van der Waals surface area contributed by atoms with Crippen LogP contribution < -0.4 is 10.6 Å². The molecule has 1 saturated heterocycles. The third kappa shape index (κ3) is 6.94. The van der Waals surface area contributed by atoms with E-state index in [4.69, 9.17) is 14.5 Å². The minimum Gasteiger partial charge on any atom is -0.453 e. The van der Waals surface area contributed by atoms with E-state index in [2.05, 4.69) is 74.1 Å². The molecule has 2 bridgehead atoms. The van der Waals surface area contributed by atoms with Gasteiger partial charge in [0.2, 0.25) is 11.8 Å². The number of aromatic amines is 2. The summed E-state index contributed by atoms with van der Waals surface area (Å²) in [6.07, 6.45) is 7.26. The number of nitrogens with zero attached hydrogens (tertiary/aromatic N) is 3. The number of H-pyrrole nitrogens is 2. The number of nitrogens with one attached hydrogen (secondary N) is 4. The third-order valence-corrected chi connectivity index (χ3v) is 11.3. The van der Waals surface area contributed by atoms with Gasteiger partial charge in [-0.25, -0.2) is 14.8 Å². The van der Waals surface area contributed by atoms with Crippen LogP contribution in [-0.2, 0) is 19.1 Å². The summed E-state index contributed by atoms with van der Waals surface area (Å²) < 4.78 is 10.1. The lowest BCUT2D eigenvalue weighted by molar-refractivity contribution is -0.137.